The molecule has 1 aromatic carbocycles. The molecular formula is C18H25NO4. The Balaban J connectivity index is 1.47. The molecule has 1 aromatic rings. The van der Waals surface area contributed by atoms with E-state index in [1.807, 2.05) is 36.1 Å². The molecule has 0 aromatic heterocycles. The van der Waals surface area contributed by atoms with Gasteiger partial charge in [-0.1, -0.05) is 18.2 Å². The number of likely N-dealkylation sites (tertiary alicyclic amines) is 1. The van der Waals surface area contributed by atoms with Gasteiger partial charge in [-0.25, -0.2) is 0 Å². The Labute approximate surface area is 136 Å². The zero-order valence-electron chi connectivity index (χ0n) is 13.5. The standard InChI is InChI=1S/C18H25NO4/c1-12-4-2-3-5-17(12)23-7-6-18(22)19-10-13-8-15(20)16(21)9-14(13)11-19/h2-5,13-16,20-21H,6-11H2,1H3/t13-,14+,15-,16-/m0/s1. The number of aliphatic hydroxyl groups is 2. The van der Waals surface area contributed by atoms with E-state index in [9.17, 15) is 15.0 Å². The lowest BCUT2D eigenvalue weighted by molar-refractivity contribution is -0.130. The van der Waals surface area contributed by atoms with Crippen molar-refractivity contribution in [2.24, 2.45) is 11.8 Å². The normalized spacial score (nSPS) is 30.1. The fourth-order valence-electron chi connectivity index (χ4n) is 3.74. The van der Waals surface area contributed by atoms with E-state index in [1.165, 1.54) is 0 Å². The van der Waals surface area contributed by atoms with Crippen LogP contribution in [0.4, 0.5) is 0 Å². The number of ether oxygens (including phenoxy) is 1. The van der Waals surface area contributed by atoms with Gasteiger partial charge >= 0.3 is 0 Å². The van der Waals surface area contributed by atoms with Crippen molar-refractivity contribution in [2.75, 3.05) is 19.7 Å². The third-order valence-corrected chi connectivity index (χ3v) is 5.13. The van der Waals surface area contributed by atoms with Crippen LogP contribution in [-0.4, -0.2) is 52.9 Å². The van der Waals surface area contributed by atoms with E-state index in [0.29, 0.717) is 50.8 Å². The minimum absolute atomic E-state index is 0.0944. The van der Waals surface area contributed by atoms with Gasteiger partial charge in [0.15, 0.2) is 0 Å². The molecule has 1 aliphatic carbocycles. The third kappa shape index (κ3) is 3.67. The fraction of sp³-hybridized carbons (Fsp3) is 0.611. The molecule has 2 N–H and O–H groups in total. The summed E-state index contributed by atoms with van der Waals surface area (Å²) in [6.07, 6.45) is 0.259. The first-order chi connectivity index (χ1) is 11.0. The maximum atomic E-state index is 12.3. The molecule has 23 heavy (non-hydrogen) atoms. The average molecular weight is 319 g/mol. The van der Waals surface area contributed by atoms with Crippen LogP contribution in [0, 0.1) is 18.8 Å². The molecule has 3 rings (SSSR count). The topological polar surface area (TPSA) is 70.0 Å². The predicted octanol–water partition coefficient (Wildman–Crippen LogP) is 1.35. The van der Waals surface area contributed by atoms with E-state index >= 15 is 0 Å². The number of benzene rings is 1. The van der Waals surface area contributed by atoms with Gasteiger partial charge in [-0.3, -0.25) is 4.79 Å². The van der Waals surface area contributed by atoms with Crippen LogP contribution < -0.4 is 4.74 Å². The Morgan fingerprint density at radius 2 is 1.78 bits per heavy atom. The first kappa shape index (κ1) is 16.3. The minimum atomic E-state index is -0.643. The minimum Gasteiger partial charge on any atom is -0.493 e. The zero-order chi connectivity index (χ0) is 16.4. The molecule has 126 valence electrons. The highest BCUT2D eigenvalue weighted by Gasteiger charge is 2.42. The van der Waals surface area contributed by atoms with Crippen LogP contribution in [0.2, 0.25) is 0 Å². The van der Waals surface area contributed by atoms with Crippen molar-refractivity contribution in [1.82, 2.24) is 4.90 Å². The van der Waals surface area contributed by atoms with E-state index in [4.69, 9.17) is 4.74 Å². The summed E-state index contributed by atoms with van der Waals surface area (Å²) in [6, 6.07) is 7.78. The maximum absolute atomic E-state index is 12.3. The molecule has 1 saturated carbocycles. The van der Waals surface area contributed by atoms with Gasteiger partial charge < -0.3 is 19.8 Å². The highest BCUT2D eigenvalue weighted by Crippen LogP contribution is 2.36. The van der Waals surface area contributed by atoms with Crippen LogP contribution in [0.15, 0.2) is 24.3 Å². The molecular weight excluding hydrogens is 294 g/mol. The van der Waals surface area contributed by atoms with Gasteiger partial charge in [0, 0.05) is 13.1 Å². The Morgan fingerprint density at radius 3 is 2.39 bits per heavy atom. The zero-order valence-corrected chi connectivity index (χ0v) is 13.5. The summed E-state index contributed by atoms with van der Waals surface area (Å²) in [5.41, 5.74) is 1.06. The molecule has 5 nitrogen and oxygen atoms in total. The Bertz CT molecular complexity index is 544. The number of rotatable bonds is 4. The van der Waals surface area contributed by atoms with Gasteiger partial charge in [-0.05, 0) is 43.2 Å². The highest BCUT2D eigenvalue weighted by molar-refractivity contribution is 5.76. The first-order valence-electron chi connectivity index (χ1n) is 8.37. The Morgan fingerprint density at radius 1 is 1.17 bits per heavy atom. The molecule has 2 fully saturated rings. The van der Waals surface area contributed by atoms with E-state index in [1.54, 1.807) is 0 Å². The van der Waals surface area contributed by atoms with Crippen LogP contribution in [0.3, 0.4) is 0 Å². The monoisotopic (exact) mass is 319 g/mol. The number of carbonyl (C=O) groups is 1. The lowest BCUT2D eigenvalue weighted by Gasteiger charge is -2.31. The number of aliphatic hydroxyl groups excluding tert-OH is 2. The van der Waals surface area contributed by atoms with Crippen molar-refractivity contribution in [1.29, 1.82) is 0 Å². The molecule has 1 heterocycles. The number of amides is 1. The molecule has 1 saturated heterocycles. The summed E-state index contributed by atoms with van der Waals surface area (Å²) in [5.74, 6) is 1.54. The predicted molar refractivity (Wildman–Crippen MR) is 86.1 cm³/mol. The van der Waals surface area contributed by atoms with Crippen LogP contribution >= 0.6 is 0 Å². The summed E-state index contributed by atoms with van der Waals surface area (Å²) in [4.78, 5) is 14.2. The van der Waals surface area contributed by atoms with Crippen molar-refractivity contribution in [3.05, 3.63) is 29.8 Å². The SMILES string of the molecule is Cc1ccccc1OCCC(=O)N1C[C@H]2C[C@H](O)[C@@H](O)C[C@H]2C1. The average Bonchev–Trinajstić information content (AvgIpc) is 2.92. The van der Waals surface area contributed by atoms with Crippen LogP contribution in [0.25, 0.3) is 0 Å². The molecule has 0 bridgehead atoms. The van der Waals surface area contributed by atoms with Crippen molar-refractivity contribution in [3.8, 4) is 5.75 Å². The Hall–Kier alpha value is -1.59. The highest BCUT2D eigenvalue weighted by atomic mass is 16.5. The summed E-state index contributed by atoms with van der Waals surface area (Å²) in [6.45, 7) is 3.75. The first-order valence-corrected chi connectivity index (χ1v) is 8.37. The van der Waals surface area contributed by atoms with Crippen molar-refractivity contribution < 1.29 is 19.7 Å². The number of hydrogen-bond donors (Lipinski definition) is 2. The second kappa shape index (κ2) is 6.89. The third-order valence-electron chi connectivity index (χ3n) is 5.13. The van der Waals surface area contributed by atoms with E-state index < -0.39 is 12.2 Å². The molecule has 4 atom stereocenters. The molecule has 5 heteroatoms. The van der Waals surface area contributed by atoms with E-state index in [0.717, 1.165) is 11.3 Å². The van der Waals surface area contributed by atoms with Crippen LogP contribution in [-0.2, 0) is 4.79 Å². The van der Waals surface area contributed by atoms with Gasteiger partial charge in [0.25, 0.3) is 0 Å². The Kier molecular flexibility index (Phi) is 4.87. The van der Waals surface area contributed by atoms with Gasteiger partial charge in [-0.2, -0.15) is 0 Å². The molecule has 1 amide bonds. The van der Waals surface area contributed by atoms with E-state index in [-0.39, 0.29) is 5.91 Å². The molecule has 0 unspecified atom stereocenters. The summed E-state index contributed by atoms with van der Waals surface area (Å²) < 4.78 is 5.69. The fourth-order valence-corrected chi connectivity index (χ4v) is 3.74. The molecule has 0 spiro atoms. The summed E-state index contributed by atoms with van der Waals surface area (Å²) >= 11 is 0. The van der Waals surface area contributed by atoms with Crippen molar-refractivity contribution in [3.63, 3.8) is 0 Å². The van der Waals surface area contributed by atoms with Gasteiger partial charge in [0.1, 0.15) is 5.75 Å². The van der Waals surface area contributed by atoms with Crippen LogP contribution in [0.5, 0.6) is 5.75 Å². The summed E-state index contributed by atoms with van der Waals surface area (Å²) in [7, 11) is 0. The van der Waals surface area contributed by atoms with Crippen molar-refractivity contribution in [2.45, 2.75) is 38.4 Å². The number of aryl methyl sites for hydroxylation is 1. The quantitative estimate of drug-likeness (QED) is 0.879. The van der Waals surface area contributed by atoms with Crippen LogP contribution in [0.1, 0.15) is 24.8 Å². The van der Waals surface area contributed by atoms with Gasteiger partial charge in [0.2, 0.25) is 5.91 Å². The lowest BCUT2D eigenvalue weighted by atomic mass is 9.79. The summed E-state index contributed by atoms with van der Waals surface area (Å²) in [5, 5.41) is 19.5. The maximum Gasteiger partial charge on any atom is 0.226 e. The van der Waals surface area contributed by atoms with Crippen molar-refractivity contribution >= 4 is 5.91 Å². The van der Waals surface area contributed by atoms with Gasteiger partial charge in [-0.15, -0.1) is 0 Å². The number of nitrogens with zero attached hydrogens (tertiary/aromatic N) is 1. The second-order valence-corrected chi connectivity index (χ2v) is 6.79. The molecule has 1 aliphatic heterocycles. The number of fused-ring (bicyclic) bond motifs is 1. The smallest absolute Gasteiger partial charge is 0.226 e. The number of para-hydroxylation sites is 1. The largest absolute Gasteiger partial charge is 0.493 e. The number of hydrogen-bond acceptors (Lipinski definition) is 4. The van der Waals surface area contributed by atoms with Gasteiger partial charge in [0.05, 0.1) is 25.2 Å². The lowest BCUT2D eigenvalue weighted by Crippen LogP contribution is -2.38. The second-order valence-electron chi connectivity index (χ2n) is 6.79. The number of carbonyl (C=O) groups excluding carboxylic acids is 1. The molecule has 2 aliphatic rings. The van der Waals surface area contributed by atoms with E-state index in [2.05, 4.69) is 0 Å². The molecule has 0 radical (unpaired) electrons.